The van der Waals surface area contributed by atoms with Crippen LogP contribution in [0.4, 0.5) is 11.4 Å². The smallest absolute Gasteiger partial charge is 0.274 e. The summed E-state index contributed by atoms with van der Waals surface area (Å²) in [5.41, 5.74) is 1.81. The van der Waals surface area contributed by atoms with Gasteiger partial charge >= 0.3 is 0 Å². The molecule has 0 saturated heterocycles. The summed E-state index contributed by atoms with van der Waals surface area (Å²) in [5, 5.41) is 14.3. The molecule has 2 aromatic carbocycles. The third-order valence-electron chi connectivity index (χ3n) is 3.72. The highest BCUT2D eigenvalue weighted by atomic mass is 35.5. The van der Waals surface area contributed by atoms with Crippen LogP contribution in [0, 0.1) is 24.0 Å². The van der Waals surface area contributed by atoms with Crippen LogP contribution in [0.1, 0.15) is 24.0 Å². The predicted octanol–water partition coefficient (Wildman–Crippen LogP) is 4.66. The molecular weight excluding hydrogens is 344 g/mol. The van der Waals surface area contributed by atoms with Crippen LogP contribution in [0.25, 0.3) is 0 Å². The minimum absolute atomic E-state index is 0.0145. The van der Waals surface area contributed by atoms with Crippen LogP contribution in [0.15, 0.2) is 36.4 Å². The first kappa shape index (κ1) is 18.7. The fraction of sp³-hybridized carbons (Fsp3) is 0.278. The lowest BCUT2D eigenvalue weighted by molar-refractivity contribution is -0.385. The number of carbonyl (C=O) groups is 1. The van der Waals surface area contributed by atoms with E-state index in [-0.39, 0.29) is 18.0 Å². The second-order valence-electron chi connectivity index (χ2n) is 5.62. The second-order valence-corrected chi connectivity index (χ2v) is 6.05. The van der Waals surface area contributed by atoms with E-state index in [1.54, 1.807) is 31.2 Å². The minimum Gasteiger partial charge on any atom is -0.493 e. The quantitative estimate of drug-likeness (QED) is 0.441. The molecule has 0 radical (unpaired) electrons. The number of nitrogens with zero attached hydrogens (tertiary/aromatic N) is 1. The fourth-order valence-corrected chi connectivity index (χ4v) is 2.59. The first-order valence-corrected chi connectivity index (χ1v) is 8.19. The number of amides is 1. The number of carbonyl (C=O) groups excluding carboxylic acids is 1. The number of aryl methyl sites for hydroxylation is 1. The Morgan fingerprint density at radius 3 is 2.72 bits per heavy atom. The SMILES string of the molecule is Cc1cc(Cl)ccc1OCCCC(=O)Nc1cccc([N+](=O)[O-])c1C. The number of halogens is 1. The molecule has 0 atom stereocenters. The first-order chi connectivity index (χ1) is 11.9. The molecule has 0 aromatic heterocycles. The van der Waals surface area contributed by atoms with E-state index < -0.39 is 4.92 Å². The van der Waals surface area contributed by atoms with Gasteiger partial charge in [0.05, 0.1) is 22.8 Å². The lowest BCUT2D eigenvalue weighted by atomic mass is 10.1. The Kier molecular flexibility index (Phi) is 6.36. The standard InChI is InChI=1S/C18H19ClN2O4/c1-12-11-14(19)8-9-17(12)25-10-4-7-18(22)20-15-5-3-6-16(13(15)2)21(23)24/h3,5-6,8-9,11H,4,7,10H2,1-2H3,(H,20,22). The number of anilines is 1. The predicted molar refractivity (Wildman–Crippen MR) is 97.4 cm³/mol. The number of hydrogen-bond acceptors (Lipinski definition) is 4. The van der Waals surface area contributed by atoms with E-state index in [9.17, 15) is 14.9 Å². The van der Waals surface area contributed by atoms with E-state index >= 15 is 0 Å². The summed E-state index contributed by atoms with van der Waals surface area (Å²) in [6, 6.07) is 9.97. The molecule has 0 unspecified atom stereocenters. The van der Waals surface area contributed by atoms with Crippen LogP contribution < -0.4 is 10.1 Å². The van der Waals surface area contributed by atoms with Crippen LogP contribution in [0.3, 0.4) is 0 Å². The lowest BCUT2D eigenvalue weighted by Crippen LogP contribution is -2.14. The maximum Gasteiger partial charge on any atom is 0.274 e. The van der Waals surface area contributed by atoms with E-state index in [4.69, 9.17) is 16.3 Å². The Morgan fingerprint density at radius 1 is 1.28 bits per heavy atom. The van der Waals surface area contributed by atoms with Crippen molar-refractivity contribution >= 4 is 28.9 Å². The molecular formula is C18H19ClN2O4. The van der Waals surface area contributed by atoms with Crippen molar-refractivity contribution in [1.29, 1.82) is 0 Å². The topological polar surface area (TPSA) is 81.5 Å². The number of benzene rings is 2. The molecule has 6 nitrogen and oxygen atoms in total. The number of ether oxygens (including phenoxy) is 1. The maximum absolute atomic E-state index is 12.0. The van der Waals surface area contributed by atoms with E-state index in [0.29, 0.717) is 29.3 Å². The number of nitro groups is 1. The van der Waals surface area contributed by atoms with E-state index in [2.05, 4.69) is 5.32 Å². The van der Waals surface area contributed by atoms with E-state index in [1.165, 1.54) is 6.07 Å². The molecule has 0 aliphatic heterocycles. The van der Waals surface area contributed by atoms with Crippen molar-refractivity contribution in [1.82, 2.24) is 0 Å². The Morgan fingerprint density at radius 2 is 2.04 bits per heavy atom. The third kappa shape index (κ3) is 5.19. The van der Waals surface area contributed by atoms with Gasteiger partial charge in [-0.05, 0) is 50.1 Å². The summed E-state index contributed by atoms with van der Waals surface area (Å²) in [6.45, 7) is 3.91. The minimum atomic E-state index is -0.465. The van der Waals surface area contributed by atoms with Crippen molar-refractivity contribution in [3.63, 3.8) is 0 Å². The maximum atomic E-state index is 12.0. The van der Waals surface area contributed by atoms with Crippen LogP contribution in [0.5, 0.6) is 5.75 Å². The van der Waals surface area contributed by atoms with Gasteiger partial charge in [-0.3, -0.25) is 14.9 Å². The molecule has 132 valence electrons. The summed E-state index contributed by atoms with van der Waals surface area (Å²) in [5.74, 6) is 0.527. The normalized spacial score (nSPS) is 10.4. The zero-order valence-electron chi connectivity index (χ0n) is 14.0. The summed E-state index contributed by atoms with van der Waals surface area (Å²) < 4.78 is 5.64. The monoisotopic (exact) mass is 362 g/mol. The number of hydrogen-bond donors (Lipinski definition) is 1. The van der Waals surface area contributed by atoms with Crippen LogP contribution in [-0.2, 0) is 4.79 Å². The Hall–Kier alpha value is -2.60. The van der Waals surface area contributed by atoms with Gasteiger partial charge in [-0.1, -0.05) is 17.7 Å². The second kappa shape index (κ2) is 8.48. The molecule has 0 fully saturated rings. The van der Waals surface area contributed by atoms with Crippen molar-refractivity contribution in [2.45, 2.75) is 26.7 Å². The highest BCUT2D eigenvalue weighted by Gasteiger charge is 2.14. The molecule has 0 heterocycles. The largest absolute Gasteiger partial charge is 0.493 e. The highest BCUT2D eigenvalue weighted by Crippen LogP contribution is 2.25. The van der Waals surface area contributed by atoms with E-state index in [0.717, 1.165) is 11.3 Å². The van der Waals surface area contributed by atoms with Gasteiger partial charge in [-0.15, -0.1) is 0 Å². The number of nitro benzene ring substituents is 1. The zero-order chi connectivity index (χ0) is 18.4. The average molecular weight is 363 g/mol. The Labute approximate surface area is 150 Å². The number of nitrogens with one attached hydrogen (secondary N) is 1. The molecule has 0 saturated carbocycles. The highest BCUT2D eigenvalue weighted by molar-refractivity contribution is 6.30. The molecule has 2 rings (SSSR count). The lowest BCUT2D eigenvalue weighted by Gasteiger charge is -2.10. The van der Waals surface area contributed by atoms with Gasteiger partial charge in [-0.2, -0.15) is 0 Å². The molecule has 1 N–H and O–H groups in total. The Balaban J connectivity index is 1.83. The van der Waals surface area contributed by atoms with Crippen molar-refractivity contribution < 1.29 is 14.5 Å². The van der Waals surface area contributed by atoms with E-state index in [1.807, 2.05) is 13.0 Å². The van der Waals surface area contributed by atoms with Crippen LogP contribution >= 0.6 is 11.6 Å². The van der Waals surface area contributed by atoms with Gasteiger partial charge < -0.3 is 10.1 Å². The molecule has 0 aliphatic carbocycles. The molecule has 0 bridgehead atoms. The molecule has 0 spiro atoms. The first-order valence-electron chi connectivity index (χ1n) is 7.81. The molecule has 0 aliphatic rings. The average Bonchev–Trinajstić information content (AvgIpc) is 2.55. The third-order valence-corrected chi connectivity index (χ3v) is 3.95. The Bertz CT molecular complexity index is 793. The van der Waals surface area contributed by atoms with Gasteiger partial charge in [0.15, 0.2) is 0 Å². The number of rotatable bonds is 7. The fourth-order valence-electron chi connectivity index (χ4n) is 2.36. The summed E-state index contributed by atoms with van der Waals surface area (Å²) >= 11 is 5.89. The summed E-state index contributed by atoms with van der Waals surface area (Å²) in [6.07, 6.45) is 0.788. The van der Waals surface area contributed by atoms with Gasteiger partial charge in [0.25, 0.3) is 5.69 Å². The molecule has 25 heavy (non-hydrogen) atoms. The van der Waals surface area contributed by atoms with Crippen molar-refractivity contribution in [2.24, 2.45) is 0 Å². The molecule has 7 heteroatoms. The van der Waals surface area contributed by atoms with Gasteiger partial charge in [0.1, 0.15) is 5.75 Å². The summed E-state index contributed by atoms with van der Waals surface area (Å²) in [7, 11) is 0. The van der Waals surface area contributed by atoms with Crippen LogP contribution in [-0.4, -0.2) is 17.4 Å². The van der Waals surface area contributed by atoms with Gasteiger partial charge in [-0.25, -0.2) is 0 Å². The summed E-state index contributed by atoms with van der Waals surface area (Å²) in [4.78, 5) is 22.5. The van der Waals surface area contributed by atoms with Crippen molar-refractivity contribution in [3.05, 3.63) is 62.7 Å². The zero-order valence-corrected chi connectivity index (χ0v) is 14.8. The van der Waals surface area contributed by atoms with Gasteiger partial charge in [0, 0.05) is 17.5 Å². The van der Waals surface area contributed by atoms with Crippen LogP contribution in [0.2, 0.25) is 5.02 Å². The molecule has 2 aromatic rings. The van der Waals surface area contributed by atoms with Crippen molar-refractivity contribution in [3.8, 4) is 5.75 Å². The molecule has 1 amide bonds. The van der Waals surface area contributed by atoms with Gasteiger partial charge in [0.2, 0.25) is 5.91 Å². The van der Waals surface area contributed by atoms with Crippen molar-refractivity contribution in [2.75, 3.05) is 11.9 Å².